The molecule has 0 saturated heterocycles. The predicted octanol–water partition coefficient (Wildman–Crippen LogP) is 9.32. The van der Waals surface area contributed by atoms with Crippen molar-refractivity contribution >= 4 is 24.7 Å². The highest BCUT2D eigenvalue weighted by molar-refractivity contribution is 6.99. The molecule has 0 aliphatic heterocycles. The van der Waals surface area contributed by atoms with Gasteiger partial charge in [0, 0.05) is 12.8 Å². The van der Waals surface area contributed by atoms with Crippen molar-refractivity contribution in [3.63, 3.8) is 0 Å². The number of allylic oxidation sites excluding steroid dienone is 6. The zero-order valence-electron chi connectivity index (χ0n) is 28.0. The van der Waals surface area contributed by atoms with Crippen LogP contribution in [0.1, 0.15) is 92.4 Å². The topological polar surface area (TPSA) is 83.9 Å². The smallest absolute Gasteiger partial charge is 0.398 e. The zero-order valence-corrected chi connectivity index (χ0v) is 29.0. The van der Waals surface area contributed by atoms with Crippen LogP contribution in [0.15, 0.2) is 109 Å². The molecule has 0 radical (unpaired) electrons. The van der Waals surface area contributed by atoms with E-state index in [4.69, 9.17) is 9.16 Å². The first-order valence-electron chi connectivity index (χ1n) is 16.4. The maximum atomic E-state index is 11.5. The Labute approximate surface area is 272 Å². The summed E-state index contributed by atoms with van der Waals surface area (Å²) in [5, 5.41) is 23.0. The predicted molar refractivity (Wildman–Crippen MR) is 189 cm³/mol. The molecular weight excluding hydrogens is 577 g/mol. The summed E-state index contributed by atoms with van der Waals surface area (Å²) in [6.45, 7) is 11.0. The quantitative estimate of drug-likeness (QED) is 0.0318. The van der Waals surface area contributed by atoms with E-state index in [9.17, 15) is 15.3 Å². The lowest BCUT2D eigenvalue weighted by molar-refractivity contribution is -0.143. The Morgan fingerprint density at radius 1 is 0.911 bits per heavy atom. The molecule has 7 heteroatoms. The number of rotatable bonds is 19. The molecule has 0 aliphatic rings. The number of hydrogen-bond acceptors (Lipinski definition) is 5. The third-order valence-electron chi connectivity index (χ3n) is 7.68. The molecule has 2 aromatic carbocycles. The summed E-state index contributed by atoms with van der Waals surface area (Å²) in [5.41, 5.74) is 0.316. The molecule has 0 spiro atoms. The number of ether oxygens (including phenoxy) is 1. The van der Waals surface area contributed by atoms with Gasteiger partial charge in [-0.1, -0.05) is 138 Å². The van der Waals surface area contributed by atoms with E-state index < -0.39 is 14.4 Å². The Morgan fingerprint density at radius 3 is 2.11 bits per heavy atom. The third-order valence-corrected chi connectivity index (χ3v) is 12.7. The number of esters is 1. The molecule has 242 valence electrons. The van der Waals surface area contributed by atoms with E-state index in [2.05, 4.69) is 99.4 Å². The SMILES string of the molecule is CCCCC/C([N+]#N)=C(/O)CC(/C=C/C=C\C/C=C\CCCC(=O)OCC)O[Si](c1ccccc1)(c1ccccc1)C(C)(C)C. The van der Waals surface area contributed by atoms with Gasteiger partial charge in [0.1, 0.15) is 0 Å². The van der Waals surface area contributed by atoms with E-state index in [1.54, 1.807) is 0 Å². The molecule has 6 nitrogen and oxygen atoms in total. The highest BCUT2D eigenvalue weighted by Gasteiger charge is 2.51. The normalized spacial score (nSPS) is 13.7. The molecule has 45 heavy (non-hydrogen) atoms. The van der Waals surface area contributed by atoms with Gasteiger partial charge in [0.05, 0.1) is 19.1 Å². The van der Waals surface area contributed by atoms with Gasteiger partial charge in [0.15, 0.2) is 10.7 Å². The fourth-order valence-corrected chi connectivity index (χ4v) is 10.0. The molecule has 0 heterocycles. The maximum Gasteiger partial charge on any atom is 0.398 e. The van der Waals surface area contributed by atoms with Gasteiger partial charge >= 0.3 is 11.7 Å². The summed E-state index contributed by atoms with van der Waals surface area (Å²) in [7, 11) is -2.91. The van der Waals surface area contributed by atoms with Crippen LogP contribution in [0, 0.1) is 5.39 Å². The van der Waals surface area contributed by atoms with Crippen LogP contribution < -0.4 is 10.4 Å². The lowest BCUT2D eigenvalue weighted by Gasteiger charge is -2.44. The summed E-state index contributed by atoms with van der Waals surface area (Å²) >= 11 is 0. The maximum absolute atomic E-state index is 11.5. The number of benzene rings is 2. The fraction of sp³-hybridized carbons (Fsp3) is 0.447. The number of aliphatic hydroxyl groups is 1. The van der Waals surface area contributed by atoms with Gasteiger partial charge < -0.3 is 14.3 Å². The highest BCUT2D eigenvalue weighted by Crippen LogP contribution is 2.38. The van der Waals surface area contributed by atoms with Crippen LogP contribution in [0.25, 0.3) is 4.98 Å². The van der Waals surface area contributed by atoms with E-state index in [-0.39, 0.29) is 23.2 Å². The van der Waals surface area contributed by atoms with Crippen LogP contribution >= 0.6 is 0 Å². The van der Waals surface area contributed by atoms with Crippen molar-refractivity contribution < 1.29 is 19.1 Å². The van der Waals surface area contributed by atoms with Crippen molar-refractivity contribution in [1.82, 2.24) is 0 Å². The average Bonchev–Trinajstić information content (AvgIpc) is 3.03. The highest BCUT2D eigenvalue weighted by atomic mass is 28.4. The second-order valence-corrected chi connectivity index (χ2v) is 16.4. The fourth-order valence-electron chi connectivity index (χ4n) is 5.41. The summed E-state index contributed by atoms with van der Waals surface area (Å²) in [6.07, 6.45) is 18.1. The summed E-state index contributed by atoms with van der Waals surface area (Å²) in [5.74, 6) is -0.0942. The van der Waals surface area contributed by atoms with Gasteiger partial charge in [-0.15, -0.1) is 0 Å². The van der Waals surface area contributed by atoms with Crippen LogP contribution in [0.5, 0.6) is 0 Å². The lowest BCUT2D eigenvalue weighted by atomic mass is 10.1. The van der Waals surface area contributed by atoms with Crippen LogP contribution in [0.4, 0.5) is 0 Å². The number of diazo groups is 1. The Balaban J connectivity index is 2.37. The van der Waals surface area contributed by atoms with Crippen molar-refractivity contribution in [2.24, 2.45) is 0 Å². The lowest BCUT2D eigenvalue weighted by Crippen LogP contribution is -2.67. The number of aliphatic hydroxyl groups excluding tert-OH is 1. The van der Waals surface area contributed by atoms with Gasteiger partial charge in [-0.3, -0.25) is 4.79 Å². The van der Waals surface area contributed by atoms with Gasteiger partial charge in [-0.05, 0) is 48.0 Å². The van der Waals surface area contributed by atoms with E-state index in [0.29, 0.717) is 25.1 Å². The monoisotopic (exact) mass is 629 g/mol. The van der Waals surface area contributed by atoms with Crippen molar-refractivity contribution in [3.05, 3.63) is 114 Å². The average molecular weight is 630 g/mol. The summed E-state index contributed by atoms with van der Waals surface area (Å²) in [6, 6.07) is 20.9. The number of unbranched alkanes of at least 4 members (excludes halogenated alkanes) is 3. The molecule has 1 N–H and O–H groups in total. The molecule has 1 atom stereocenters. The molecule has 2 aromatic rings. The zero-order chi connectivity index (χ0) is 33.0. The first-order chi connectivity index (χ1) is 21.7. The number of carbonyl (C=O) groups excluding carboxylic acids is 1. The van der Waals surface area contributed by atoms with Crippen LogP contribution in [-0.4, -0.2) is 32.1 Å². The second-order valence-electron chi connectivity index (χ2n) is 12.2. The van der Waals surface area contributed by atoms with E-state index in [1.165, 1.54) is 0 Å². The minimum Gasteiger partial charge on any atom is -0.505 e. The van der Waals surface area contributed by atoms with Crippen molar-refractivity contribution in [3.8, 4) is 0 Å². The molecule has 1 unspecified atom stereocenters. The molecule has 0 bridgehead atoms. The van der Waals surface area contributed by atoms with Crippen molar-refractivity contribution in [2.45, 2.75) is 104 Å². The van der Waals surface area contributed by atoms with E-state index >= 15 is 0 Å². The van der Waals surface area contributed by atoms with Crippen LogP contribution in [-0.2, 0) is 14.0 Å². The molecule has 0 aliphatic carbocycles. The molecule has 0 saturated carbocycles. The second kappa shape index (κ2) is 20.3. The Morgan fingerprint density at radius 2 is 1.56 bits per heavy atom. The van der Waals surface area contributed by atoms with Crippen molar-refractivity contribution in [2.75, 3.05) is 6.61 Å². The Kier molecular flexibility index (Phi) is 16.9. The molecular formula is C38H53N2O4Si+. The first-order valence-corrected chi connectivity index (χ1v) is 18.3. The van der Waals surface area contributed by atoms with Gasteiger partial charge in [-0.25, -0.2) is 0 Å². The Bertz CT molecular complexity index is 1270. The first kappa shape index (κ1) is 37.5. The summed E-state index contributed by atoms with van der Waals surface area (Å²) in [4.78, 5) is 14.9. The molecule has 0 fully saturated rings. The van der Waals surface area contributed by atoms with Gasteiger partial charge in [-0.2, -0.15) is 0 Å². The van der Waals surface area contributed by atoms with E-state index in [0.717, 1.165) is 48.9 Å². The standard InChI is InChI=1S/C38H52N2O4Si/c1-6-8-17-29-35(40-39)36(41)31-32(24-18-13-11-9-10-12-14-23-30-37(42)43-7-2)44-45(38(3,4)5,33-25-19-15-20-26-33)34-27-21-16-22-28-34/h10-13,15-16,18-22,24-28,32H,6-9,14,17,23,29-31H2,1-5H3/p+1/b12-10-,13-11-,24-18+,36-35-. The van der Waals surface area contributed by atoms with Gasteiger partial charge in [0.2, 0.25) is 5.39 Å². The number of nitrogens with zero attached hydrogens (tertiary/aromatic N) is 2. The minimum absolute atomic E-state index is 0.0518. The molecule has 0 aromatic heterocycles. The summed E-state index contributed by atoms with van der Waals surface area (Å²) < 4.78 is 12.3. The number of carbonyl (C=O) groups is 1. The van der Waals surface area contributed by atoms with Crippen LogP contribution in [0.2, 0.25) is 5.04 Å². The minimum atomic E-state index is -2.91. The van der Waals surface area contributed by atoms with E-state index in [1.807, 2.05) is 37.3 Å². The number of hydrogen-bond donors (Lipinski definition) is 1. The largest absolute Gasteiger partial charge is 0.505 e. The molecule has 2 rings (SSSR count). The third kappa shape index (κ3) is 12.3. The Hall–Kier alpha value is -3.73. The molecule has 0 amide bonds. The van der Waals surface area contributed by atoms with Crippen molar-refractivity contribution in [1.29, 1.82) is 5.39 Å². The van der Waals surface area contributed by atoms with Gasteiger partial charge in [0.25, 0.3) is 8.32 Å². The van der Waals surface area contributed by atoms with Crippen LogP contribution in [0.3, 0.4) is 0 Å².